The van der Waals surface area contributed by atoms with Crippen molar-refractivity contribution in [2.75, 3.05) is 0 Å². The van der Waals surface area contributed by atoms with Gasteiger partial charge < -0.3 is 10.5 Å². The molecule has 0 aliphatic rings. The minimum atomic E-state index is 0.258. The van der Waals surface area contributed by atoms with Crippen LogP contribution in [-0.4, -0.2) is 10.8 Å². The summed E-state index contributed by atoms with van der Waals surface area (Å²) < 4.78 is 0. The molecule has 2 nitrogen and oxygen atoms in total. The van der Waals surface area contributed by atoms with E-state index in [1.54, 1.807) is 19.1 Å². The van der Waals surface area contributed by atoms with E-state index < -0.39 is 0 Å². The first kappa shape index (κ1) is 7.79. The fourth-order valence-corrected chi connectivity index (χ4v) is 1.03. The molecule has 0 saturated heterocycles. The topological polar surface area (TPSA) is 44.1 Å². The van der Waals surface area contributed by atoms with Crippen LogP contribution in [0.15, 0.2) is 18.2 Å². The lowest BCUT2D eigenvalue weighted by molar-refractivity contribution is 0.471. The van der Waals surface area contributed by atoms with Gasteiger partial charge in [0, 0.05) is 11.3 Å². The van der Waals surface area contributed by atoms with Gasteiger partial charge in [0.25, 0.3) is 0 Å². The van der Waals surface area contributed by atoms with Gasteiger partial charge in [-0.15, -0.1) is 0 Å². The van der Waals surface area contributed by atoms with Crippen molar-refractivity contribution in [3.05, 3.63) is 29.3 Å². The molecule has 2 N–H and O–H groups in total. The smallest absolute Gasteiger partial charge is 0.119 e. The molecule has 0 saturated carbocycles. The molecule has 0 aromatic heterocycles. The third-order valence-corrected chi connectivity index (χ3v) is 1.71. The highest BCUT2D eigenvalue weighted by Crippen LogP contribution is 2.19. The molecule has 0 aliphatic heterocycles. The minimum absolute atomic E-state index is 0.258. The van der Waals surface area contributed by atoms with E-state index in [0.717, 1.165) is 11.1 Å². The largest absolute Gasteiger partial charge is 0.508 e. The molecule has 2 heteroatoms. The van der Waals surface area contributed by atoms with Crippen molar-refractivity contribution < 1.29 is 5.11 Å². The standard InChI is InChI=1S/C9H11NO/c1-6-8(7(2)10)4-3-5-9(6)11/h3-5,10-11H,1-2H3. The van der Waals surface area contributed by atoms with Crippen LogP contribution < -0.4 is 0 Å². The quantitative estimate of drug-likeness (QED) is 0.590. The van der Waals surface area contributed by atoms with E-state index in [9.17, 15) is 5.11 Å². The maximum atomic E-state index is 9.25. The molecular weight excluding hydrogens is 138 g/mol. The summed E-state index contributed by atoms with van der Waals surface area (Å²) in [5, 5.41) is 16.6. The third-order valence-electron chi connectivity index (χ3n) is 1.71. The Balaban J connectivity index is 3.27. The average molecular weight is 149 g/mol. The monoisotopic (exact) mass is 149 g/mol. The molecule has 11 heavy (non-hydrogen) atoms. The third kappa shape index (κ3) is 1.40. The van der Waals surface area contributed by atoms with Crippen molar-refractivity contribution in [2.45, 2.75) is 13.8 Å². The second kappa shape index (κ2) is 2.74. The Bertz CT molecular complexity index is 292. The van der Waals surface area contributed by atoms with Crippen LogP contribution in [0.5, 0.6) is 5.75 Å². The molecule has 0 spiro atoms. The van der Waals surface area contributed by atoms with E-state index in [-0.39, 0.29) is 5.75 Å². The van der Waals surface area contributed by atoms with E-state index in [0.29, 0.717) is 5.71 Å². The van der Waals surface area contributed by atoms with Crippen LogP contribution in [0.25, 0.3) is 0 Å². The van der Waals surface area contributed by atoms with Gasteiger partial charge in [0.1, 0.15) is 5.75 Å². The molecule has 1 aromatic rings. The van der Waals surface area contributed by atoms with E-state index in [2.05, 4.69) is 0 Å². The molecule has 1 rings (SSSR count). The number of hydrogen-bond acceptors (Lipinski definition) is 2. The fraction of sp³-hybridized carbons (Fsp3) is 0.222. The summed E-state index contributed by atoms with van der Waals surface area (Å²) in [5.74, 6) is 0.258. The Kier molecular flexibility index (Phi) is 1.94. The SMILES string of the molecule is CC(=N)c1cccc(O)c1C. The van der Waals surface area contributed by atoms with Gasteiger partial charge >= 0.3 is 0 Å². The Morgan fingerprint density at radius 1 is 1.45 bits per heavy atom. The number of phenols is 1. The predicted molar refractivity (Wildman–Crippen MR) is 45.3 cm³/mol. The van der Waals surface area contributed by atoms with E-state index in [1.165, 1.54) is 0 Å². The summed E-state index contributed by atoms with van der Waals surface area (Å²) in [5.41, 5.74) is 2.07. The van der Waals surface area contributed by atoms with Crippen LogP contribution in [-0.2, 0) is 0 Å². The van der Waals surface area contributed by atoms with Crippen LogP contribution in [0.4, 0.5) is 0 Å². The highest BCUT2D eigenvalue weighted by molar-refractivity contribution is 5.98. The Labute approximate surface area is 66.0 Å². The average Bonchev–Trinajstić information content (AvgIpc) is 1.94. The zero-order valence-corrected chi connectivity index (χ0v) is 6.68. The zero-order valence-electron chi connectivity index (χ0n) is 6.68. The van der Waals surface area contributed by atoms with E-state index in [1.807, 2.05) is 13.0 Å². The van der Waals surface area contributed by atoms with Crippen LogP contribution in [0.3, 0.4) is 0 Å². The number of phenolic OH excluding ortho intramolecular Hbond substituents is 1. The highest BCUT2D eigenvalue weighted by Gasteiger charge is 2.02. The number of nitrogens with one attached hydrogen (secondary N) is 1. The van der Waals surface area contributed by atoms with Crippen LogP contribution in [0.1, 0.15) is 18.1 Å². The molecule has 0 unspecified atom stereocenters. The Morgan fingerprint density at radius 2 is 2.09 bits per heavy atom. The van der Waals surface area contributed by atoms with Crippen molar-refractivity contribution >= 4 is 5.71 Å². The lowest BCUT2D eigenvalue weighted by Crippen LogP contribution is -1.95. The zero-order chi connectivity index (χ0) is 8.43. The van der Waals surface area contributed by atoms with Crippen molar-refractivity contribution in [2.24, 2.45) is 0 Å². The van der Waals surface area contributed by atoms with Gasteiger partial charge in [-0.05, 0) is 25.5 Å². The molecule has 0 amide bonds. The lowest BCUT2D eigenvalue weighted by atomic mass is 10.0. The number of rotatable bonds is 1. The number of benzene rings is 1. The second-order valence-corrected chi connectivity index (χ2v) is 2.57. The van der Waals surface area contributed by atoms with Crippen molar-refractivity contribution in [1.29, 1.82) is 5.41 Å². The molecule has 0 aliphatic carbocycles. The van der Waals surface area contributed by atoms with E-state index >= 15 is 0 Å². The van der Waals surface area contributed by atoms with Gasteiger partial charge in [-0.25, -0.2) is 0 Å². The van der Waals surface area contributed by atoms with Crippen LogP contribution in [0, 0.1) is 12.3 Å². The molecule has 0 fully saturated rings. The fourth-order valence-electron chi connectivity index (χ4n) is 1.03. The van der Waals surface area contributed by atoms with Gasteiger partial charge in [-0.3, -0.25) is 0 Å². The van der Waals surface area contributed by atoms with Gasteiger partial charge in [-0.1, -0.05) is 12.1 Å². The molecule has 0 bridgehead atoms. The molecule has 58 valence electrons. The summed E-state index contributed by atoms with van der Waals surface area (Å²) in [6.45, 7) is 3.52. The summed E-state index contributed by atoms with van der Waals surface area (Å²) in [4.78, 5) is 0. The first-order valence-electron chi connectivity index (χ1n) is 3.47. The van der Waals surface area contributed by atoms with Crippen LogP contribution >= 0.6 is 0 Å². The Morgan fingerprint density at radius 3 is 2.55 bits per heavy atom. The molecule has 0 radical (unpaired) electrons. The Hall–Kier alpha value is -1.31. The van der Waals surface area contributed by atoms with Gasteiger partial charge in [0.2, 0.25) is 0 Å². The number of aromatic hydroxyl groups is 1. The summed E-state index contributed by atoms with van der Waals surface area (Å²) in [6, 6.07) is 5.20. The molecular formula is C9H11NO. The van der Waals surface area contributed by atoms with Gasteiger partial charge in [-0.2, -0.15) is 0 Å². The predicted octanol–water partition coefficient (Wildman–Crippen LogP) is 2.09. The van der Waals surface area contributed by atoms with Crippen LogP contribution in [0.2, 0.25) is 0 Å². The maximum absolute atomic E-state index is 9.25. The summed E-state index contributed by atoms with van der Waals surface area (Å²) >= 11 is 0. The molecule has 1 aromatic carbocycles. The number of hydrogen-bond donors (Lipinski definition) is 2. The molecule has 0 heterocycles. The normalized spacial score (nSPS) is 9.64. The summed E-state index contributed by atoms with van der Waals surface area (Å²) in [6.07, 6.45) is 0. The van der Waals surface area contributed by atoms with Gasteiger partial charge in [0.05, 0.1) is 0 Å². The lowest BCUT2D eigenvalue weighted by Gasteiger charge is -2.04. The van der Waals surface area contributed by atoms with Crippen molar-refractivity contribution in [1.82, 2.24) is 0 Å². The maximum Gasteiger partial charge on any atom is 0.119 e. The first-order chi connectivity index (χ1) is 5.13. The van der Waals surface area contributed by atoms with Gasteiger partial charge in [0.15, 0.2) is 0 Å². The van der Waals surface area contributed by atoms with Crippen molar-refractivity contribution in [3.8, 4) is 5.75 Å². The molecule has 0 atom stereocenters. The first-order valence-corrected chi connectivity index (χ1v) is 3.47. The minimum Gasteiger partial charge on any atom is -0.508 e. The highest BCUT2D eigenvalue weighted by atomic mass is 16.3. The second-order valence-electron chi connectivity index (χ2n) is 2.57. The van der Waals surface area contributed by atoms with E-state index in [4.69, 9.17) is 5.41 Å². The summed E-state index contributed by atoms with van der Waals surface area (Å²) in [7, 11) is 0. The van der Waals surface area contributed by atoms with Crippen molar-refractivity contribution in [3.63, 3.8) is 0 Å².